The summed E-state index contributed by atoms with van der Waals surface area (Å²) >= 11 is 0. The van der Waals surface area contributed by atoms with Crippen molar-refractivity contribution in [1.29, 1.82) is 0 Å². The second-order valence-electron chi connectivity index (χ2n) is 4.67. The first-order valence-electron chi connectivity index (χ1n) is 7.43. The first kappa shape index (κ1) is 16.9. The van der Waals surface area contributed by atoms with Crippen molar-refractivity contribution in [2.75, 3.05) is 26.2 Å². The predicted octanol–water partition coefficient (Wildman–Crippen LogP) is 3.34. The summed E-state index contributed by atoms with van der Waals surface area (Å²) in [6.45, 7) is 8.06. The second-order valence-corrected chi connectivity index (χ2v) is 4.67. The smallest absolute Gasteiger partial charge is 0.0685 e. The largest absolute Gasteiger partial charge is 0.330 e. The maximum Gasteiger partial charge on any atom is 0.0685 e. The summed E-state index contributed by atoms with van der Waals surface area (Å²) in [6.07, 6.45) is 10.1. The van der Waals surface area contributed by atoms with Crippen molar-refractivity contribution in [3.63, 3.8) is 0 Å². The molecule has 0 bridgehead atoms. The van der Waals surface area contributed by atoms with Crippen molar-refractivity contribution in [2.24, 2.45) is 5.73 Å². The van der Waals surface area contributed by atoms with Crippen LogP contribution in [0.15, 0.2) is 0 Å². The van der Waals surface area contributed by atoms with E-state index in [0.717, 1.165) is 39.1 Å². The van der Waals surface area contributed by atoms with E-state index in [9.17, 15) is 0 Å². The summed E-state index contributed by atoms with van der Waals surface area (Å²) in [6, 6.07) is 0. The molecule has 0 aromatic rings. The number of hydroxylamine groups is 2. The van der Waals surface area contributed by atoms with Crippen LogP contribution in [0.5, 0.6) is 0 Å². The maximum absolute atomic E-state index is 5.77. The molecule has 0 amide bonds. The Morgan fingerprint density at radius 3 is 2.18 bits per heavy atom. The van der Waals surface area contributed by atoms with Gasteiger partial charge < -0.3 is 5.73 Å². The highest BCUT2D eigenvalue weighted by molar-refractivity contribution is 4.48. The average molecular weight is 244 g/mol. The van der Waals surface area contributed by atoms with Gasteiger partial charge in [-0.25, -0.2) is 0 Å². The molecule has 0 rings (SSSR count). The Labute approximate surface area is 108 Å². The Bertz CT molecular complexity index is 142. The van der Waals surface area contributed by atoms with E-state index < -0.39 is 0 Å². The van der Waals surface area contributed by atoms with Gasteiger partial charge in [0.05, 0.1) is 6.61 Å². The third kappa shape index (κ3) is 12.1. The van der Waals surface area contributed by atoms with E-state index in [1.54, 1.807) is 0 Å². The van der Waals surface area contributed by atoms with Gasteiger partial charge in [-0.3, -0.25) is 4.84 Å². The fraction of sp³-hybridized carbons (Fsp3) is 1.00. The van der Waals surface area contributed by atoms with Crippen molar-refractivity contribution in [2.45, 2.75) is 65.2 Å². The van der Waals surface area contributed by atoms with Crippen molar-refractivity contribution < 1.29 is 4.84 Å². The zero-order chi connectivity index (χ0) is 12.8. The Morgan fingerprint density at radius 2 is 1.53 bits per heavy atom. The number of rotatable bonds is 13. The molecular formula is C14H32N2O. The summed E-state index contributed by atoms with van der Waals surface area (Å²) in [5.74, 6) is 0. The van der Waals surface area contributed by atoms with Gasteiger partial charge in [0.15, 0.2) is 0 Å². The molecule has 0 atom stereocenters. The van der Waals surface area contributed by atoms with E-state index in [-0.39, 0.29) is 0 Å². The molecule has 104 valence electrons. The minimum absolute atomic E-state index is 0.751. The van der Waals surface area contributed by atoms with Gasteiger partial charge in [0.2, 0.25) is 0 Å². The van der Waals surface area contributed by atoms with Gasteiger partial charge in [0.25, 0.3) is 0 Å². The Hall–Kier alpha value is -0.120. The molecule has 17 heavy (non-hydrogen) atoms. The lowest BCUT2D eigenvalue weighted by atomic mass is 10.1. The Kier molecular flexibility index (Phi) is 13.8. The molecule has 3 heteroatoms. The molecule has 0 unspecified atom stereocenters. The van der Waals surface area contributed by atoms with Crippen molar-refractivity contribution >= 4 is 0 Å². The van der Waals surface area contributed by atoms with Crippen LogP contribution in [0.4, 0.5) is 0 Å². The van der Waals surface area contributed by atoms with Crippen LogP contribution < -0.4 is 5.73 Å². The van der Waals surface area contributed by atoms with Gasteiger partial charge in [-0.1, -0.05) is 46.0 Å². The number of nitrogens with two attached hydrogens (primary N) is 1. The Balaban J connectivity index is 3.34. The minimum Gasteiger partial charge on any atom is -0.330 e. The molecule has 0 radical (unpaired) electrons. The monoisotopic (exact) mass is 244 g/mol. The average Bonchev–Trinajstić information content (AvgIpc) is 2.34. The standard InChI is InChI=1S/C14H32N2O/c1-3-5-6-7-8-9-14-17-16(12-4-2)13-10-11-15/h3-15H2,1-2H3. The molecule has 0 aliphatic heterocycles. The van der Waals surface area contributed by atoms with Crippen LogP contribution in [0.25, 0.3) is 0 Å². The maximum atomic E-state index is 5.77. The normalized spacial score (nSPS) is 11.3. The summed E-state index contributed by atoms with van der Waals surface area (Å²) < 4.78 is 0. The highest BCUT2D eigenvalue weighted by Gasteiger charge is 2.02. The van der Waals surface area contributed by atoms with E-state index in [1.807, 2.05) is 0 Å². The van der Waals surface area contributed by atoms with Gasteiger partial charge in [-0.05, 0) is 25.8 Å². The third-order valence-electron chi connectivity index (χ3n) is 2.86. The molecule has 0 saturated carbocycles. The van der Waals surface area contributed by atoms with E-state index in [0.29, 0.717) is 0 Å². The first-order valence-corrected chi connectivity index (χ1v) is 7.43. The molecule has 3 nitrogen and oxygen atoms in total. The van der Waals surface area contributed by atoms with Crippen molar-refractivity contribution in [3.05, 3.63) is 0 Å². The summed E-state index contributed by atoms with van der Waals surface area (Å²) in [7, 11) is 0. The minimum atomic E-state index is 0.751. The van der Waals surface area contributed by atoms with E-state index in [4.69, 9.17) is 10.6 Å². The van der Waals surface area contributed by atoms with E-state index in [1.165, 1.54) is 38.5 Å². The zero-order valence-corrected chi connectivity index (χ0v) is 11.9. The fourth-order valence-electron chi connectivity index (χ4n) is 1.83. The molecule has 0 aromatic heterocycles. The molecule has 0 aliphatic carbocycles. The van der Waals surface area contributed by atoms with Gasteiger partial charge in [-0.2, -0.15) is 5.06 Å². The van der Waals surface area contributed by atoms with E-state index in [2.05, 4.69) is 18.9 Å². The third-order valence-corrected chi connectivity index (χ3v) is 2.86. The highest BCUT2D eigenvalue weighted by Crippen LogP contribution is 2.05. The highest BCUT2D eigenvalue weighted by atomic mass is 16.7. The van der Waals surface area contributed by atoms with Crippen LogP contribution in [0.3, 0.4) is 0 Å². The molecule has 2 N–H and O–H groups in total. The lowest BCUT2D eigenvalue weighted by Crippen LogP contribution is -2.28. The van der Waals surface area contributed by atoms with Crippen LogP contribution in [-0.4, -0.2) is 31.3 Å². The summed E-state index contributed by atoms with van der Waals surface area (Å²) in [5, 5.41) is 2.08. The Morgan fingerprint density at radius 1 is 0.824 bits per heavy atom. The summed E-state index contributed by atoms with van der Waals surface area (Å²) in [5.41, 5.74) is 5.51. The number of hydrogen-bond donors (Lipinski definition) is 1. The van der Waals surface area contributed by atoms with Gasteiger partial charge in [-0.15, -0.1) is 0 Å². The van der Waals surface area contributed by atoms with E-state index >= 15 is 0 Å². The van der Waals surface area contributed by atoms with Crippen LogP contribution >= 0.6 is 0 Å². The SMILES string of the molecule is CCCCCCCCON(CCC)CCCN. The quantitative estimate of drug-likeness (QED) is 0.399. The van der Waals surface area contributed by atoms with Crippen LogP contribution in [0.2, 0.25) is 0 Å². The van der Waals surface area contributed by atoms with Crippen LogP contribution in [0, 0.1) is 0 Å². The van der Waals surface area contributed by atoms with Gasteiger partial charge in [0.1, 0.15) is 0 Å². The lowest BCUT2D eigenvalue weighted by molar-refractivity contribution is -0.160. The van der Waals surface area contributed by atoms with Crippen LogP contribution in [0.1, 0.15) is 65.2 Å². The topological polar surface area (TPSA) is 38.5 Å². The molecule has 0 fully saturated rings. The number of nitrogens with zero attached hydrogens (tertiary/aromatic N) is 1. The second kappa shape index (κ2) is 13.9. The van der Waals surface area contributed by atoms with Crippen LogP contribution in [-0.2, 0) is 4.84 Å². The van der Waals surface area contributed by atoms with Gasteiger partial charge >= 0.3 is 0 Å². The molecule has 0 spiro atoms. The molecule has 0 aliphatic rings. The van der Waals surface area contributed by atoms with Gasteiger partial charge in [0, 0.05) is 13.1 Å². The van der Waals surface area contributed by atoms with Crippen molar-refractivity contribution in [3.8, 4) is 0 Å². The number of unbranched alkanes of at least 4 members (excludes halogenated alkanes) is 5. The lowest BCUT2D eigenvalue weighted by Gasteiger charge is -2.20. The zero-order valence-electron chi connectivity index (χ0n) is 11.9. The number of hydrogen-bond acceptors (Lipinski definition) is 3. The fourth-order valence-corrected chi connectivity index (χ4v) is 1.83. The predicted molar refractivity (Wildman–Crippen MR) is 74.9 cm³/mol. The summed E-state index contributed by atoms with van der Waals surface area (Å²) in [4.78, 5) is 5.77. The van der Waals surface area contributed by atoms with Crippen molar-refractivity contribution in [1.82, 2.24) is 5.06 Å². The first-order chi connectivity index (χ1) is 8.35. The molecule has 0 aromatic carbocycles. The molecule has 0 saturated heterocycles. The molecular weight excluding hydrogens is 212 g/mol. The molecule has 0 heterocycles.